The van der Waals surface area contributed by atoms with Gasteiger partial charge in [-0.1, -0.05) is 18.7 Å². The third kappa shape index (κ3) is 4.83. The van der Waals surface area contributed by atoms with Crippen LogP contribution in [-0.4, -0.2) is 75.7 Å². The van der Waals surface area contributed by atoms with E-state index in [1.807, 2.05) is 37.3 Å². The molecule has 0 radical (unpaired) electrons. The first-order valence-corrected chi connectivity index (χ1v) is 13.0. The summed E-state index contributed by atoms with van der Waals surface area (Å²) < 4.78 is 12.5. The van der Waals surface area contributed by atoms with Crippen molar-refractivity contribution >= 4 is 39.4 Å². The number of benzene rings is 2. The smallest absolute Gasteiger partial charge is 0.319 e. The highest BCUT2D eigenvalue weighted by Gasteiger charge is 2.26. The lowest BCUT2D eigenvalue weighted by Gasteiger charge is -2.35. The fourth-order valence-corrected chi connectivity index (χ4v) is 5.07. The molecule has 2 N–H and O–H groups in total. The summed E-state index contributed by atoms with van der Waals surface area (Å²) >= 11 is 0. The summed E-state index contributed by atoms with van der Waals surface area (Å²) in [7, 11) is 0. The molecule has 2 aromatic heterocycles. The van der Waals surface area contributed by atoms with E-state index in [9.17, 15) is 9.59 Å². The molecule has 2 aliphatic rings. The fraction of sp³-hybridized carbons (Fsp3) is 0.321. The highest BCUT2D eigenvalue weighted by atomic mass is 16.5. The van der Waals surface area contributed by atoms with Crippen molar-refractivity contribution in [3.05, 3.63) is 54.7 Å². The SMILES string of the molecule is C=CC(=O)N1CCN(c2nc(OCC3CCC(=O)N3)nc3c(Oc4c(C)ccc5[nH]ncc45)cccc23)CC1. The number of hydrogen-bond acceptors (Lipinski definition) is 8. The number of anilines is 1. The molecule has 2 aliphatic heterocycles. The monoisotopic (exact) mass is 527 g/mol. The van der Waals surface area contributed by atoms with Gasteiger partial charge in [0.15, 0.2) is 5.75 Å². The number of fused-ring (bicyclic) bond motifs is 2. The van der Waals surface area contributed by atoms with Crippen molar-refractivity contribution in [3.8, 4) is 17.5 Å². The number of nitrogens with zero attached hydrogens (tertiary/aromatic N) is 5. The highest BCUT2D eigenvalue weighted by molar-refractivity contribution is 5.95. The van der Waals surface area contributed by atoms with Gasteiger partial charge in [0.2, 0.25) is 11.8 Å². The van der Waals surface area contributed by atoms with E-state index in [1.165, 1.54) is 6.08 Å². The maximum Gasteiger partial charge on any atom is 0.319 e. The van der Waals surface area contributed by atoms with Crippen LogP contribution in [0.1, 0.15) is 18.4 Å². The molecule has 2 amide bonds. The number of nitrogens with one attached hydrogen (secondary N) is 2. The first-order valence-electron chi connectivity index (χ1n) is 13.0. The molecule has 0 aliphatic carbocycles. The van der Waals surface area contributed by atoms with E-state index < -0.39 is 0 Å². The molecule has 11 heteroatoms. The van der Waals surface area contributed by atoms with Crippen LogP contribution in [0.4, 0.5) is 5.82 Å². The first kappa shape index (κ1) is 24.7. The third-order valence-corrected chi connectivity index (χ3v) is 7.20. The number of carbonyl (C=O) groups excluding carboxylic acids is 2. The first-order chi connectivity index (χ1) is 19.0. The van der Waals surface area contributed by atoms with E-state index in [-0.39, 0.29) is 30.5 Å². The van der Waals surface area contributed by atoms with Gasteiger partial charge in [-0.2, -0.15) is 15.1 Å². The van der Waals surface area contributed by atoms with E-state index in [0.29, 0.717) is 61.9 Å². The normalized spacial score (nSPS) is 17.5. The van der Waals surface area contributed by atoms with Gasteiger partial charge in [0, 0.05) is 38.0 Å². The van der Waals surface area contributed by atoms with Crippen LogP contribution in [0.15, 0.2) is 49.2 Å². The zero-order chi connectivity index (χ0) is 26.9. The number of aryl methyl sites for hydroxylation is 1. The predicted molar refractivity (Wildman–Crippen MR) is 146 cm³/mol. The molecular formula is C28H29N7O4. The number of aromatic amines is 1. The molecule has 2 aromatic carbocycles. The van der Waals surface area contributed by atoms with E-state index in [1.54, 1.807) is 11.1 Å². The second kappa shape index (κ2) is 10.2. The Labute approximate surface area is 224 Å². The molecule has 1 atom stereocenters. The summed E-state index contributed by atoms with van der Waals surface area (Å²) in [5.74, 6) is 1.91. The predicted octanol–water partition coefficient (Wildman–Crippen LogP) is 3.10. The molecule has 4 aromatic rings. The van der Waals surface area contributed by atoms with Crippen LogP contribution in [0.5, 0.6) is 17.5 Å². The van der Waals surface area contributed by atoms with Crippen molar-refractivity contribution in [1.29, 1.82) is 0 Å². The number of ether oxygens (including phenoxy) is 2. The Morgan fingerprint density at radius 3 is 2.77 bits per heavy atom. The standard InChI is InChI=1S/C28H29N7O4/c1-3-24(37)34-11-13-35(14-12-34)27-19-5-4-6-22(39-26-17(2)7-9-21-20(26)15-29-33-21)25(19)31-28(32-27)38-16-18-8-10-23(36)30-18/h3-7,9,15,18H,1,8,10-14,16H2,2H3,(H,29,33)(H,30,36). The number of rotatable bonds is 7. The van der Waals surface area contributed by atoms with Gasteiger partial charge < -0.3 is 24.6 Å². The Morgan fingerprint density at radius 2 is 2.00 bits per heavy atom. The summed E-state index contributed by atoms with van der Waals surface area (Å²) in [6.07, 6.45) is 4.29. The molecule has 1 unspecified atom stereocenters. The van der Waals surface area contributed by atoms with Gasteiger partial charge in [0.25, 0.3) is 0 Å². The summed E-state index contributed by atoms with van der Waals surface area (Å²) in [6, 6.07) is 9.83. The quantitative estimate of drug-likeness (QED) is 0.351. The van der Waals surface area contributed by atoms with Gasteiger partial charge >= 0.3 is 6.01 Å². The second-order valence-corrected chi connectivity index (χ2v) is 9.76. The zero-order valence-electron chi connectivity index (χ0n) is 21.6. The number of hydrogen-bond donors (Lipinski definition) is 2. The largest absolute Gasteiger partial charge is 0.461 e. The number of aromatic nitrogens is 4. The minimum Gasteiger partial charge on any atom is -0.461 e. The molecule has 4 heterocycles. The number of para-hydroxylation sites is 1. The Hall–Kier alpha value is -4.67. The number of H-pyrrole nitrogens is 1. The Kier molecular flexibility index (Phi) is 6.47. The van der Waals surface area contributed by atoms with Gasteiger partial charge in [0.05, 0.1) is 23.1 Å². The Balaban J connectivity index is 1.38. The van der Waals surface area contributed by atoms with Crippen LogP contribution in [0.2, 0.25) is 0 Å². The van der Waals surface area contributed by atoms with Gasteiger partial charge in [-0.25, -0.2) is 0 Å². The van der Waals surface area contributed by atoms with Crippen molar-refractivity contribution in [2.75, 3.05) is 37.7 Å². The van der Waals surface area contributed by atoms with Crippen LogP contribution in [0, 0.1) is 6.92 Å². The van der Waals surface area contributed by atoms with Crippen molar-refractivity contribution in [1.82, 2.24) is 30.4 Å². The summed E-state index contributed by atoms with van der Waals surface area (Å²) in [5.41, 5.74) is 2.45. The maximum atomic E-state index is 12.1. The van der Waals surface area contributed by atoms with Gasteiger partial charge in [-0.05, 0) is 43.2 Å². The third-order valence-electron chi connectivity index (χ3n) is 7.20. The molecule has 6 rings (SSSR count). The van der Waals surface area contributed by atoms with Crippen LogP contribution in [0.25, 0.3) is 21.8 Å². The molecule has 0 spiro atoms. The molecular weight excluding hydrogens is 498 g/mol. The van der Waals surface area contributed by atoms with E-state index >= 15 is 0 Å². The number of carbonyl (C=O) groups is 2. The zero-order valence-corrected chi connectivity index (χ0v) is 21.6. The van der Waals surface area contributed by atoms with Crippen molar-refractivity contribution in [3.63, 3.8) is 0 Å². The van der Waals surface area contributed by atoms with Crippen LogP contribution in [0.3, 0.4) is 0 Å². The Morgan fingerprint density at radius 1 is 1.15 bits per heavy atom. The summed E-state index contributed by atoms with van der Waals surface area (Å²) in [5, 5.41) is 11.8. The minimum absolute atomic E-state index is 0.0233. The van der Waals surface area contributed by atoms with Crippen LogP contribution < -0.4 is 19.7 Å². The van der Waals surface area contributed by atoms with Crippen LogP contribution >= 0.6 is 0 Å². The lowest BCUT2D eigenvalue weighted by atomic mass is 10.1. The topological polar surface area (TPSA) is 126 Å². The van der Waals surface area contributed by atoms with E-state index in [0.717, 1.165) is 21.9 Å². The van der Waals surface area contributed by atoms with Gasteiger partial charge in [-0.3, -0.25) is 14.7 Å². The number of amides is 2. The molecule has 0 bridgehead atoms. The fourth-order valence-electron chi connectivity index (χ4n) is 5.07. The lowest BCUT2D eigenvalue weighted by Crippen LogP contribution is -2.48. The molecule has 2 saturated heterocycles. The molecule has 39 heavy (non-hydrogen) atoms. The second-order valence-electron chi connectivity index (χ2n) is 9.76. The van der Waals surface area contributed by atoms with E-state index in [2.05, 4.69) is 27.0 Å². The molecule has 200 valence electrons. The van der Waals surface area contributed by atoms with Gasteiger partial charge in [0.1, 0.15) is 23.7 Å². The molecule has 11 nitrogen and oxygen atoms in total. The summed E-state index contributed by atoms with van der Waals surface area (Å²) in [6.45, 7) is 8.17. The highest BCUT2D eigenvalue weighted by Crippen LogP contribution is 2.38. The summed E-state index contributed by atoms with van der Waals surface area (Å²) in [4.78, 5) is 37.2. The minimum atomic E-state index is -0.0819. The van der Waals surface area contributed by atoms with Crippen molar-refractivity contribution < 1.29 is 19.1 Å². The number of piperazine rings is 1. The average molecular weight is 528 g/mol. The van der Waals surface area contributed by atoms with Gasteiger partial charge in [-0.15, -0.1) is 0 Å². The lowest BCUT2D eigenvalue weighted by molar-refractivity contribution is -0.126. The van der Waals surface area contributed by atoms with Crippen LogP contribution in [-0.2, 0) is 9.59 Å². The van der Waals surface area contributed by atoms with Crippen molar-refractivity contribution in [2.24, 2.45) is 0 Å². The van der Waals surface area contributed by atoms with E-state index in [4.69, 9.17) is 19.4 Å². The Bertz CT molecular complexity index is 1580. The molecule has 0 saturated carbocycles. The maximum absolute atomic E-state index is 12.1. The average Bonchev–Trinajstić information content (AvgIpc) is 3.61. The van der Waals surface area contributed by atoms with Crippen molar-refractivity contribution in [2.45, 2.75) is 25.8 Å². The molecule has 2 fully saturated rings.